The van der Waals surface area contributed by atoms with Gasteiger partial charge in [0.15, 0.2) is 5.82 Å². The average molecular weight is 217 g/mol. The smallest absolute Gasteiger partial charge is 0.236 e. The van der Waals surface area contributed by atoms with Gasteiger partial charge in [-0.3, -0.25) is 9.40 Å². The van der Waals surface area contributed by atoms with Gasteiger partial charge in [0.1, 0.15) is 0 Å². The molecular formula is C8H15N3O2S. The molecule has 0 radical (unpaired) electrons. The van der Waals surface area contributed by atoms with Gasteiger partial charge in [-0.25, -0.2) is 8.42 Å². The fourth-order valence-electron chi connectivity index (χ4n) is 0.856. The predicted molar refractivity (Wildman–Crippen MR) is 55.6 cm³/mol. The Morgan fingerprint density at radius 2 is 2.21 bits per heavy atom. The molecule has 1 aromatic heterocycles. The van der Waals surface area contributed by atoms with E-state index in [9.17, 15) is 8.42 Å². The van der Waals surface area contributed by atoms with E-state index in [-0.39, 0.29) is 0 Å². The molecule has 0 saturated carbocycles. The Labute approximate surface area is 84.2 Å². The molecule has 0 aromatic carbocycles. The first-order chi connectivity index (χ1) is 6.45. The van der Waals surface area contributed by atoms with E-state index >= 15 is 0 Å². The Morgan fingerprint density at radius 1 is 1.57 bits per heavy atom. The summed E-state index contributed by atoms with van der Waals surface area (Å²) in [5, 5.41) is 3.57. The van der Waals surface area contributed by atoms with E-state index in [2.05, 4.69) is 9.82 Å². The third-order valence-electron chi connectivity index (χ3n) is 1.83. The van der Waals surface area contributed by atoms with E-state index in [4.69, 9.17) is 0 Å². The van der Waals surface area contributed by atoms with Gasteiger partial charge in [0.05, 0.1) is 5.25 Å². The van der Waals surface area contributed by atoms with Crippen molar-refractivity contribution in [3.8, 4) is 0 Å². The van der Waals surface area contributed by atoms with Crippen LogP contribution in [0.3, 0.4) is 0 Å². The average Bonchev–Trinajstić information content (AvgIpc) is 2.51. The highest BCUT2D eigenvalue weighted by Crippen LogP contribution is 2.08. The van der Waals surface area contributed by atoms with Crippen LogP contribution in [0.2, 0.25) is 0 Å². The molecule has 5 nitrogen and oxygen atoms in total. The summed E-state index contributed by atoms with van der Waals surface area (Å²) in [6, 6.07) is 1.64. The zero-order valence-electron chi connectivity index (χ0n) is 8.56. The van der Waals surface area contributed by atoms with Crippen LogP contribution in [-0.4, -0.2) is 23.4 Å². The van der Waals surface area contributed by atoms with Gasteiger partial charge >= 0.3 is 0 Å². The lowest BCUT2D eigenvalue weighted by Crippen LogP contribution is -2.22. The van der Waals surface area contributed by atoms with Crippen LogP contribution in [0.4, 0.5) is 5.82 Å². The Hall–Kier alpha value is -1.04. The number of anilines is 1. The summed E-state index contributed by atoms with van der Waals surface area (Å²) in [6.45, 7) is 5.91. The molecule has 0 bridgehead atoms. The van der Waals surface area contributed by atoms with Crippen molar-refractivity contribution in [2.75, 3.05) is 4.72 Å². The van der Waals surface area contributed by atoms with E-state index in [0.717, 1.165) is 6.54 Å². The molecule has 0 saturated heterocycles. The molecule has 0 amide bonds. The molecule has 14 heavy (non-hydrogen) atoms. The van der Waals surface area contributed by atoms with Crippen molar-refractivity contribution >= 4 is 15.8 Å². The van der Waals surface area contributed by atoms with Gasteiger partial charge in [0.25, 0.3) is 0 Å². The molecule has 80 valence electrons. The number of nitrogens with zero attached hydrogens (tertiary/aromatic N) is 2. The highest BCUT2D eigenvalue weighted by atomic mass is 32.2. The van der Waals surface area contributed by atoms with E-state index in [1.165, 1.54) is 0 Å². The fraction of sp³-hybridized carbons (Fsp3) is 0.625. The van der Waals surface area contributed by atoms with E-state index in [1.54, 1.807) is 30.8 Å². The van der Waals surface area contributed by atoms with Crippen LogP contribution in [0, 0.1) is 0 Å². The van der Waals surface area contributed by atoms with Gasteiger partial charge in [0.2, 0.25) is 10.0 Å². The van der Waals surface area contributed by atoms with Crippen LogP contribution in [0.25, 0.3) is 0 Å². The first-order valence-electron chi connectivity index (χ1n) is 4.51. The maximum atomic E-state index is 11.4. The largest absolute Gasteiger partial charge is 0.271 e. The van der Waals surface area contributed by atoms with E-state index in [1.807, 2.05) is 6.92 Å². The minimum absolute atomic E-state index is 0.376. The second-order valence-electron chi connectivity index (χ2n) is 3.25. The molecule has 0 unspecified atom stereocenters. The van der Waals surface area contributed by atoms with Gasteiger partial charge in [-0.2, -0.15) is 5.10 Å². The summed E-state index contributed by atoms with van der Waals surface area (Å²) in [5.74, 6) is 0.376. The molecular weight excluding hydrogens is 202 g/mol. The molecule has 0 fully saturated rings. The van der Waals surface area contributed by atoms with Crippen molar-refractivity contribution in [2.45, 2.75) is 32.6 Å². The van der Waals surface area contributed by atoms with Crippen molar-refractivity contribution in [1.29, 1.82) is 0 Å². The molecule has 0 spiro atoms. The van der Waals surface area contributed by atoms with Crippen LogP contribution in [0.1, 0.15) is 20.8 Å². The monoisotopic (exact) mass is 217 g/mol. The fourth-order valence-corrected chi connectivity index (χ4v) is 1.49. The minimum Gasteiger partial charge on any atom is -0.271 e. The Balaban J connectivity index is 2.79. The molecule has 0 aliphatic carbocycles. The van der Waals surface area contributed by atoms with Crippen molar-refractivity contribution in [1.82, 2.24) is 9.78 Å². The van der Waals surface area contributed by atoms with Crippen molar-refractivity contribution < 1.29 is 8.42 Å². The molecule has 6 heteroatoms. The van der Waals surface area contributed by atoms with E-state index in [0.29, 0.717) is 5.82 Å². The standard InChI is InChI=1S/C8H15N3O2S/c1-4-11-6-5-8(9-11)10-14(12,13)7(2)3/h5-7H,4H2,1-3H3,(H,9,10). The maximum absolute atomic E-state index is 11.4. The molecule has 1 rings (SSSR count). The maximum Gasteiger partial charge on any atom is 0.236 e. The minimum atomic E-state index is -3.27. The lowest BCUT2D eigenvalue weighted by atomic mass is 10.6. The number of aromatic nitrogens is 2. The Kier molecular flexibility index (Phi) is 3.15. The van der Waals surface area contributed by atoms with Crippen molar-refractivity contribution in [2.24, 2.45) is 0 Å². The molecule has 0 aliphatic rings. The molecule has 0 atom stereocenters. The van der Waals surface area contributed by atoms with Crippen LogP contribution in [-0.2, 0) is 16.6 Å². The summed E-state index contributed by atoms with van der Waals surface area (Å²) in [5.41, 5.74) is 0. The number of rotatable bonds is 4. The number of hydrogen-bond donors (Lipinski definition) is 1. The molecule has 1 heterocycles. The summed E-state index contributed by atoms with van der Waals surface area (Å²) >= 11 is 0. The quantitative estimate of drug-likeness (QED) is 0.820. The van der Waals surface area contributed by atoms with Gasteiger partial charge in [-0.05, 0) is 20.8 Å². The lowest BCUT2D eigenvalue weighted by Gasteiger charge is -2.07. The number of nitrogens with one attached hydrogen (secondary N) is 1. The van der Waals surface area contributed by atoms with Gasteiger partial charge < -0.3 is 0 Å². The first-order valence-corrected chi connectivity index (χ1v) is 6.05. The van der Waals surface area contributed by atoms with Crippen LogP contribution in [0.5, 0.6) is 0 Å². The summed E-state index contributed by atoms with van der Waals surface area (Å²) in [7, 11) is -3.27. The van der Waals surface area contributed by atoms with Crippen LogP contribution < -0.4 is 4.72 Å². The lowest BCUT2D eigenvalue weighted by molar-refractivity contribution is 0.592. The topological polar surface area (TPSA) is 64.0 Å². The number of hydrogen-bond acceptors (Lipinski definition) is 3. The molecule has 1 aromatic rings. The Bertz CT molecular complexity index is 394. The zero-order valence-corrected chi connectivity index (χ0v) is 9.37. The van der Waals surface area contributed by atoms with Gasteiger partial charge in [-0.15, -0.1) is 0 Å². The highest BCUT2D eigenvalue weighted by Gasteiger charge is 2.16. The summed E-state index contributed by atoms with van der Waals surface area (Å²) in [6.07, 6.45) is 1.73. The van der Waals surface area contributed by atoms with Gasteiger partial charge in [-0.1, -0.05) is 0 Å². The van der Waals surface area contributed by atoms with Crippen molar-refractivity contribution in [3.05, 3.63) is 12.3 Å². The van der Waals surface area contributed by atoms with Crippen LogP contribution >= 0.6 is 0 Å². The summed E-state index contributed by atoms with van der Waals surface area (Å²) < 4.78 is 27.0. The third kappa shape index (κ3) is 2.47. The van der Waals surface area contributed by atoms with Crippen LogP contribution in [0.15, 0.2) is 12.3 Å². The molecule has 0 aliphatic heterocycles. The highest BCUT2D eigenvalue weighted by molar-refractivity contribution is 7.93. The zero-order chi connectivity index (χ0) is 10.8. The Morgan fingerprint density at radius 3 is 2.64 bits per heavy atom. The first kappa shape index (κ1) is 11.0. The predicted octanol–water partition coefficient (Wildman–Crippen LogP) is 1.05. The van der Waals surface area contributed by atoms with E-state index < -0.39 is 15.3 Å². The molecule has 1 N–H and O–H groups in total. The number of sulfonamides is 1. The normalized spacial score (nSPS) is 12.0. The summed E-state index contributed by atoms with van der Waals surface area (Å²) in [4.78, 5) is 0. The second kappa shape index (κ2) is 4.00. The van der Waals surface area contributed by atoms with Crippen molar-refractivity contribution in [3.63, 3.8) is 0 Å². The second-order valence-corrected chi connectivity index (χ2v) is 5.49. The van der Waals surface area contributed by atoms with Gasteiger partial charge in [0, 0.05) is 18.8 Å². The SMILES string of the molecule is CCn1ccc(NS(=O)(=O)C(C)C)n1. The third-order valence-corrected chi connectivity index (χ3v) is 3.57. The number of aryl methyl sites for hydroxylation is 1.